The molecule has 3 aromatic rings. The predicted octanol–water partition coefficient (Wildman–Crippen LogP) is 5.75. The minimum atomic E-state index is -0.274. The molecular weight excluding hydrogens is 391 g/mol. The third-order valence-electron chi connectivity index (χ3n) is 3.64. The van der Waals surface area contributed by atoms with Crippen LogP contribution < -0.4 is 10.1 Å². The molecule has 0 radical (unpaired) electrons. The fraction of sp³-hybridized carbons (Fsp3) is 0.158. The van der Waals surface area contributed by atoms with E-state index in [1.807, 2.05) is 38.1 Å². The van der Waals surface area contributed by atoms with Gasteiger partial charge in [0.1, 0.15) is 5.75 Å². The molecule has 0 aliphatic rings. The van der Waals surface area contributed by atoms with Gasteiger partial charge in [-0.1, -0.05) is 35.3 Å². The largest absolute Gasteiger partial charge is 0.484 e. The highest BCUT2D eigenvalue weighted by Gasteiger charge is 2.13. The Morgan fingerprint density at radius 1 is 1.19 bits per heavy atom. The first-order valence-electron chi connectivity index (χ1n) is 7.84. The van der Waals surface area contributed by atoms with Crippen molar-refractivity contribution in [2.45, 2.75) is 13.8 Å². The average Bonchev–Trinajstić information content (AvgIpc) is 2.96. The first kappa shape index (κ1) is 18.7. The van der Waals surface area contributed by atoms with Crippen molar-refractivity contribution >= 4 is 45.6 Å². The number of aromatic nitrogens is 1. The van der Waals surface area contributed by atoms with Gasteiger partial charge in [-0.2, -0.15) is 0 Å². The molecule has 0 aliphatic heterocycles. The fourth-order valence-corrected chi connectivity index (χ4v) is 3.52. The number of thiazole rings is 1. The van der Waals surface area contributed by atoms with E-state index in [0.29, 0.717) is 20.9 Å². The zero-order valence-electron chi connectivity index (χ0n) is 14.2. The molecule has 0 atom stereocenters. The highest BCUT2D eigenvalue weighted by Crippen LogP contribution is 2.31. The first-order valence-corrected chi connectivity index (χ1v) is 9.42. The molecule has 0 spiro atoms. The summed E-state index contributed by atoms with van der Waals surface area (Å²) in [5, 5.41) is 4.60. The van der Waals surface area contributed by atoms with Crippen molar-refractivity contribution in [3.05, 3.63) is 63.0 Å². The van der Waals surface area contributed by atoms with Crippen LogP contribution in [-0.2, 0) is 4.79 Å². The van der Waals surface area contributed by atoms with E-state index in [1.165, 1.54) is 11.3 Å². The van der Waals surface area contributed by atoms with Gasteiger partial charge in [-0.3, -0.25) is 10.1 Å². The van der Waals surface area contributed by atoms with Crippen molar-refractivity contribution < 1.29 is 9.53 Å². The van der Waals surface area contributed by atoms with E-state index in [2.05, 4.69) is 10.3 Å². The van der Waals surface area contributed by atoms with Crippen LogP contribution in [0.4, 0.5) is 5.13 Å². The van der Waals surface area contributed by atoms with Gasteiger partial charge in [0, 0.05) is 20.5 Å². The molecule has 1 N–H and O–H groups in total. The van der Waals surface area contributed by atoms with Crippen molar-refractivity contribution in [3.8, 4) is 17.0 Å². The Morgan fingerprint density at radius 3 is 2.73 bits per heavy atom. The summed E-state index contributed by atoms with van der Waals surface area (Å²) >= 11 is 13.4. The molecule has 1 heterocycles. The van der Waals surface area contributed by atoms with Gasteiger partial charge in [-0.25, -0.2) is 4.98 Å². The monoisotopic (exact) mass is 406 g/mol. The molecule has 0 unspecified atom stereocenters. The smallest absolute Gasteiger partial charge is 0.264 e. The molecule has 26 heavy (non-hydrogen) atoms. The Kier molecular flexibility index (Phi) is 5.81. The van der Waals surface area contributed by atoms with Crippen LogP contribution in [0.2, 0.25) is 10.0 Å². The number of halogens is 2. The van der Waals surface area contributed by atoms with Crippen molar-refractivity contribution in [1.29, 1.82) is 0 Å². The quantitative estimate of drug-likeness (QED) is 0.586. The Labute approximate surface area is 165 Å². The molecule has 0 saturated heterocycles. The van der Waals surface area contributed by atoms with Gasteiger partial charge in [0.05, 0.1) is 5.69 Å². The number of rotatable bonds is 5. The molecule has 0 fully saturated rings. The summed E-state index contributed by atoms with van der Waals surface area (Å²) in [5.41, 5.74) is 2.62. The van der Waals surface area contributed by atoms with E-state index in [-0.39, 0.29) is 12.5 Å². The van der Waals surface area contributed by atoms with Crippen LogP contribution in [0.15, 0.2) is 42.5 Å². The van der Waals surface area contributed by atoms with Gasteiger partial charge in [-0.05, 0) is 49.7 Å². The van der Waals surface area contributed by atoms with Gasteiger partial charge in [0.25, 0.3) is 5.91 Å². The molecule has 134 valence electrons. The second-order valence-corrected chi connectivity index (χ2v) is 7.73. The van der Waals surface area contributed by atoms with Crippen LogP contribution in [0, 0.1) is 13.8 Å². The van der Waals surface area contributed by atoms with Crippen LogP contribution >= 0.6 is 34.5 Å². The number of aryl methyl sites for hydroxylation is 2. The summed E-state index contributed by atoms with van der Waals surface area (Å²) in [6, 6.07) is 12.7. The van der Waals surface area contributed by atoms with Crippen molar-refractivity contribution in [1.82, 2.24) is 4.98 Å². The van der Waals surface area contributed by atoms with Gasteiger partial charge in [0.15, 0.2) is 11.7 Å². The minimum absolute atomic E-state index is 0.105. The lowest BCUT2D eigenvalue weighted by Gasteiger charge is -2.07. The van der Waals surface area contributed by atoms with Crippen LogP contribution in [0.3, 0.4) is 0 Å². The number of nitrogens with one attached hydrogen (secondary N) is 1. The average molecular weight is 407 g/mol. The Morgan fingerprint density at radius 2 is 2.00 bits per heavy atom. The molecule has 4 nitrogen and oxygen atoms in total. The normalized spacial score (nSPS) is 10.6. The first-order chi connectivity index (χ1) is 12.4. The number of anilines is 1. The Balaban J connectivity index is 1.64. The number of hydrogen-bond acceptors (Lipinski definition) is 4. The second-order valence-electron chi connectivity index (χ2n) is 5.68. The van der Waals surface area contributed by atoms with Crippen molar-refractivity contribution in [2.24, 2.45) is 0 Å². The highest BCUT2D eigenvalue weighted by atomic mass is 35.5. The number of hydrogen-bond donors (Lipinski definition) is 1. The maximum atomic E-state index is 12.1. The maximum absolute atomic E-state index is 12.1. The summed E-state index contributed by atoms with van der Waals surface area (Å²) in [4.78, 5) is 17.6. The molecule has 2 aromatic carbocycles. The molecular formula is C19H16Cl2N2O2S. The lowest BCUT2D eigenvalue weighted by Crippen LogP contribution is -2.20. The zero-order valence-corrected chi connectivity index (χ0v) is 16.5. The van der Waals surface area contributed by atoms with Crippen molar-refractivity contribution in [2.75, 3.05) is 11.9 Å². The molecule has 7 heteroatoms. The Hall–Kier alpha value is -2.08. The fourth-order valence-electron chi connectivity index (χ4n) is 2.36. The molecule has 0 bridgehead atoms. The standard InChI is InChI=1S/C19H16Cl2N2O2S/c1-11-8-15(6-7-16(11)21)25-10-17(24)22-19-23-18(12(2)26-19)13-4-3-5-14(20)9-13/h3-9H,10H2,1-2H3,(H,22,23,24). The van der Waals surface area contributed by atoms with Gasteiger partial charge < -0.3 is 4.74 Å². The van der Waals surface area contributed by atoms with E-state index in [1.54, 1.807) is 18.2 Å². The number of amides is 1. The van der Waals surface area contributed by atoms with E-state index < -0.39 is 0 Å². The van der Waals surface area contributed by atoms with Crippen LogP contribution in [0.5, 0.6) is 5.75 Å². The maximum Gasteiger partial charge on any atom is 0.264 e. The van der Waals surface area contributed by atoms with E-state index in [4.69, 9.17) is 27.9 Å². The van der Waals surface area contributed by atoms with E-state index in [9.17, 15) is 4.79 Å². The summed E-state index contributed by atoms with van der Waals surface area (Å²) in [7, 11) is 0. The van der Waals surface area contributed by atoms with Crippen LogP contribution in [0.1, 0.15) is 10.4 Å². The van der Waals surface area contributed by atoms with Crippen molar-refractivity contribution in [3.63, 3.8) is 0 Å². The van der Waals surface area contributed by atoms with E-state index >= 15 is 0 Å². The third-order valence-corrected chi connectivity index (χ3v) is 5.19. The number of benzene rings is 2. The number of nitrogens with zero attached hydrogens (tertiary/aromatic N) is 1. The SMILES string of the molecule is Cc1cc(OCC(=O)Nc2nc(-c3cccc(Cl)c3)c(C)s2)ccc1Cl. The third kappa shape index (κ3) is 4.55. The summed E-state index contributed by atoms with van der Waals surface area (Å²) in [6.45, 7) is 3.73. The van der Waals surface area contributed by atoms with Gasteiger partial charge in [0.2, 0.25) is 0 Å². The minimum Gasteiger partial charge on any atom is -0.484 e. The lowest BCUT2D eigenvalue weighted by molar-refractivity contribution is -0.118. The highest BCUT2D eigenvalue weighted by molar-refractivity contribution is 7.16. The topological polar surface area (TPSA) is 51.2 Å². The van der Waals surface area contributed by atoms with Gasteiger partial charge >= 0.3 is 0 Å². The van der Waals surface area contributed by atoms with Gasteiger partial charge in [-0.15, -0.1) is 11.3 Å². The summed E-state index contributed by atoms with van der Waals surface area (Å²) < 4.78 is 5.50. The predicted molar refractivity (Wildman–Crippen MR) is 108 cm³/mol. The molecule has 1 amide bonds. The second kappa shape index (κ2) is 8.08. The van der Waals surface area contributed by atoms with E-state index in [0.717, 1.165) is 21.7 Å². The molecule has 0 aliphatic carbocycles. The summed E-state index contributed by atoms with van der Waals surface area (Å²) in [6.07, 6.45) is 0. The van der Waals surface area contributed by atoms with Crippen LogP contribution in [0.25, 0.3) is 11.3 Å². The number of carbonyl (C=O) groups excluding carboxylic acids is 1. The number of carbonyl (C=O) groups is 1. The molecule has 3 rings (SSSR count). The summed E-state index contributed by atoms with van der Waals surface area (Å²) in [5.74, 6) is 0.320. The molecule has 1 aromatic heterocycles. The number of ether oxygens (including phenoxy) is 1. The lowest BCUT2D eigenvalue weighted by atomic mass is 10.1. The zero-order chi connectivity index (χ0) is 18.7. The molecule has 0 saturated carbocycles. The Bertz CT molecular complexity index is 956. The van der Waals surface area contributed by atoms with Crippen LogP contribution in [-0.4, -0.2) is 17.5 Å².